The number of benzene rings is 1. The highest BCUT2D eigenvalue weighted by molar-refractivity contribution is 5.41. The van der Waals surface area contributed by atoms with Crippen LogP contribution in [0, 0.1) is 24.6 Å². The first-order valence-corrected chi connectivity index (χ1v) is 8.20. The molecule has 23 heavy (non-hydrogen) atoms. The lowest BCUT2D eigenvalue weighted by molar-refractivity contribution is 0.0365. The van der Waals surface area contributed by atoms with Crippen molar-refractivity contribution in [1.82, 2.24) is 4.98 Å². The molecule has 2 aliphatic rings. The van der Waals surface area contributed by atoms with Crippen LogP contribution in [0.5, 0.6) is 0 Å². The standard InChI is InChI=1S/C19H21FN2O/c1-13-3-2-4-18(21-13)22-11-14-9-19(23,10-15(14)12-22)16-5-7-17(20)8-6-16/h2-8,14-15,23H,9-12H2,1H3/t14-,15+,19?. The van der Waals surface area contributed by atoms with E-state index in [0.717, 1.165) is 43.0 Å². The molecule has 0 bridgehead atoms. The Morgan fingerprint density at radius 2 is 1.74 bits per heavy atom. The molecule has 1 saturated heterocycles. The summed E-state index contributed by atoms with van der Waals surface area (Å²) in [6, 6.07) is 12.4. The van der Waals surface area contributed by atoms with E-state index in [9.17, 15) is 9.50 Å². The molecule has 2 fully saturated rings. The second kappa shape index (κ2) is 5.31. The minimum absolute atomic E-state index is 0.257. The third kappa shape index (κ3) is 2.61. The second-order valence-corrected chi connectivity index (χ2v) is 7.01. The maximum atomic E-state index is 13.1. The minimum atomic E-state index is -0.810. The van der Waals surface area contributed by atoms with Crippen molar-refractivity contribution >= 4 is 5.82 Å². The smallest absolute Gasteiger partial charge is 0.128 e. The molecule has 120 valence electrons. The Morgan fingerprint density at radius 3 is 2.35 bits per heavy atom. The van der Waals surface area contributed by atoms with Crippen molar-refractivity contribution in [2.45, 2.75) is 25.4 Å². The van der Waals surface area contributed by atoms with Gasteiger partial charge in [-0.15, -0.1) is 0 Å². The molecule has 3 atom stereocenters. The fraction of sp³-hybridized carbons (Fsp3) is 0.421. The number of hydrogen-bond donors (Lipinski definition) is 1. The van der Waals surface area contributed by atoms with Crippen LogP contribution in [-0.2, 0) is 5.60 Å². The molecule has 2 aromatic rings. The molecule has 1 aromatic heterocycles. The molecule has 0 radical (unpaired) electrons. The van der Waals surface area contributed by atoms with E-state index >= 15 is 0 Å². The second-order valence-electron chi connectivity index (χ2n) is 7.01. The predicted molar refractivity (Wildman–Crippen MR) is 87.7 cm³/mol. The number of anilines is 1. The largest absolute Gasteiger partial charge is 0.385 e. The molecule has 0 spiro atoms. The highest BCUT2D eigenvalue weighted by Gasteiger charge is 2.49. The monoisotopic (exact) mass is 312 g/mol. The maximum absolute atomic E-state index is 13.1. The van der Waals surface area contributed by atoms with E-state index < -0.39 is 5.60 Å². The average Bonchev–Trinajstić information content (AvgIpc) is 3.03. The van der Waals surface area contributed by atoms with Gasteiger partial charge in [0.25, 0.3) is 0 Å². The Hall–Kier alpha value is -1.94. The van der Waals surface area contributed by atoms with E-state index in [-0.39, 0.29) is 5.82 Å². The predicted octanol–water partition coefficient (Wildman–Crippen LogP) is 3.26. The Labute approximate surface area is 135 Å². The van der Waals surface area contributed by atoms with Gasteiger partial charge in [-0.25, -0.2) is 9.37 Å². The van der Waals surface area contributed by atoms with E-state index in [1.54, 1.807) is 12.1 Å². The molecule has 1 aromatic carbocycles. The number of aromatic nitrogens is 1. The van der Waals surface area contributed by atoms with Crippen molar-refractivity contribution in [3.8, 4) is 0 Å². The summed E-state index contributed by atoms with van der Waals surface area (Å²) in [6.07, 6.45) is 1.48. The van der Waals surface area contributed by atoms with Crippen LogP contribution in [0.4, 0.5) is 10.2 Å². The zero-order valence-electron chi connectivity index (χ0n) is 13.2. The van der Waals surface area contributed by atoms with Crippen LogP contribution < -0.4 is 4.90 Å². The SMILES string of the molecule is Cc1cccc(N2C[C@@H]3CC(O)(c4ccc(F)cc4)C[C@@H]3C2)n1. The van der Waals surface area contributed by atoms with Crippen LogP contribution in [-0.4, -0.2) is 23.2 Å². The first kappa shape index (κ1) is 14.6. The summed E-state index contributed by atoms with van der Waals surface area (Å²) in [5, 5.41) is 11.0. The van der Waals surface area contributed by atoms with Gasteiger partial charge in [-0.2, -0.15) is 0 Å². The van der Waals surface area contributed by atoms with Crippen molar-refractivity contribution in [3.63, 3.8) is 0 Å². The quantitative estimate of drug-likeness (QED) is 0.924. The van der Waals surface area contributed by atoms with Crippen LogP contribution in [0.15, 0.2) is 42.5 Å². The molecule has 1 unspecified atom stereocenters. The fourth-order valence-corrected chi connectivity index (χ4v) is 4.24. The normalized spacial score (nSPS) is 29.8. The van der Waals surface area contributed by atoms with Crippen LogP contribution >= 0.6 is 0 Å². The van der Waals surface area contributed by atoms with Gasteiger partial charge in [0, 0.05) is 18.8 Å². The molecule has 4 heteroatoms. The van der Waals surface area contributed by atoms with Gasteiger partial charge in [0.15, 0.2) is 0 Å². The summed E-state index contributed by atoms with van der Waals surface area (Å²) in [4.78, 5) is 6.93. The number of halogens is 1. The first-order valence-electron chi connectivity index (χ1n) is 8.20. The van der Waals surface area contributed by atoms with Gasteiger partial charge in [0.05, 0.1) is 5.60 Å². The lowest BCUT2D eigenvalue weighted by Crippen LogP contribution is -2.28. The molecule has 2 heterocycles. The zero-order chi connectivity index (χ0) is 16.0. The summed E-state index contributed by atoms with van der Waals surface area (Å²) in [5.74, 6) is 1.71. The van der Waals surface area contributed by atoms with Gasteiger partial charge < -0.3 is 10.0 Å². The van der Waals surface area contributed by atoms with Crippen molar-refractivity contribution in [2.24, 2.45) is 11.8 Å². The first-order chi connectivity index (χ1) is 11.0. The molecule has 1 aliphatic heterocycles. The van der Waals surface area contributed by atoms with Crippen molar-refractivity contribution < 1.29 is 9.50 Å². The highest BCUT2D eigenvalue weighted by Crippen LogP contribution is 2.49. The number of aryl methyl sites for hydroxylation is 1. The Balaban J connectivity index is 1.50. The van der Waals surface area contributed by atoms with Crippen LogP contribution in [0.1, 0.15) is 24.1 Å². The topological polar surface area (TPSA) is 36.4 Å². The van der Waals surface area contributed by atoms with Crippen LogP contribution in [0.25, 0.3) is 0 Å². The molecule has 1 N–H and O–H groups in total. The van der Waals surface area contributed by atoms with Gasteiger partial charge in [0.1, 0.15) is 11.6 Å². The fourth-order valence-electron chi connectivity index (χ4n) is 4.24. The third-order valence-corrected chi connectivity index (χ3v) is 5.36. The lowest BCUT2D eigenvalue weighted by atomic mass is 9.90. The van der Waals surface area contributed by atoms with Crippen molar-refractivity contribution in [1.29, 1.82) is 0 Å². The van der Waals surface area contributed by atoms with E-state index in [4.69, 9.17) is 0 Å². The van der Waals surface area contributed by atoms with Gasteiger partial charge >= 0.3 is 0 Å². The summed E-state index contributed by atoms with van der Waals surface area (Å²) in [5.41, 5.74) is 1.06. The summed E-state index contributed by atoms with van der Waals surface area (Å²) in [7, 11) is 0. The highest BCUT2D eigenvalue weighted by atomic mass is 19.1. The molecular formula is C19H21FN2O. The molecule has 1 saturated carbocycles. The number of aliphatic hydroxyl groups is 1. The zero-order valence-corrected chi connectivity index (χ0v) is 13.2. The van der Waals surface area contributed by atoms with Crippen LogP contribution in [0.3, 0.4) is 0 Å². The molecule has 0 amide bonds. The molecule has 3 nitrogen and oxygen atoms in total. The number of nitrogens with zero attached hydrogens (tertiary/aromatic N) is 2. The average molecular weight is 312 g/mol. The van der Waals surface area contributed by atoms with E-state index in [1.807, 2.05) is 19.1 Å². The van der Waals surface area contributed by atoms with E-state index in [2.05, 4.69) is 16.0 Å². The molecular weight excluding hydrogens is 291 g/mol. The summed E-state index contributed by atoms with van der Waals surface area (Å²) < 4.78 is 13.1. The number of fused-ring (bicyclic) bond motifs is 1. The third-order valence-electron chi connectivity index (χ3n) is 5.36. The van der Waals surface area contributed by atoms with Gasteiger partial charge in [-0.05, 0) is 61.4 Å². The Morgan fingerprint density at radius 1 is 1.09 bits per heavy atom. The lowest BCUT2D eigenvalue weighted by Gasteiger charge is -2.27. The summed E-state index contributed by atoms with van der Waals surface area (Å²) in [6.45, 7) is 3.88. The van der Waals surface area contributed by atoms with Gasteiger partial charge in [-0.3, -0.25) is 0 Å². The Bertz CT molecular complexity index is 702. The van der Waals surface area contributed by atoms with E-state index in [0.29, 0.717) is 11.8 Å². The van der Waals surface area contributed by atoms with Crippen LogP contribution in [0.2, 0.25) is 0 Å². The maximum Gasteiger partial charge on any atom is 0.128 e. The minimum Gasteiger partial charge on any atom is -0.385 e. The summed E-state index contributed by atoms with van der Waals surface area (Å²) >= 11 is 0. The number of hydrogen-bond acceptors (Lipinski definition) is 3. The van der Waals surface area contributed by atoms with E-state index in [1.165, 1.54) is 12.1 Å². The molecule has 4 rings (SSSR count). The Kier molecular flexibility index (Phi) is 3.38. The van der Waals surface area contributed by atoms with Gasteiger partial charge in [-0.1, -0.05) is 18.2 Å². The van der Waals surface area contributed by atoms with Gasteiger partial charge in [0.2, 0.25) is 0 Å². The number of pyridine rings is 1. The molecule has 1 aliphatic carbocycles. The van der Waals surface area contributed by atoms with Crippen molar-refractivity contribution in [2.75, 3.05) is 18.0 Å². The van der Waals surface area contributed by atoms with Crippen molar-refractivity contribution in [3.05, 3.63) is 59.5 Å². The number of rotatable bonds is 2.